The van der Waals surface area contributed by atoms with Gasteiger partial charge in [0.05, 0.1) is 19.1 Å². The molecule has 6 nitrogen and oxygen atoms in total. The molecule has 0 spiro atoms. The van der Waals surface area contributed by atoms with E-state index in [1.165, 1.54) is 18.2 Å². The average Bonchev–Trinajstić information content (AvgIpc) is 2.65. The number of nitrogens with one attached hydrogen (secondary N) is 1. The van der Waals surface area contributed by atoms with Gasteiger partial charge in [-0.3, -0.25) is 9.10 Å². The maximum atomic E-state index is 12.7. The lowest BCUT2D eigenvalue weighted by molar-refractivity contribution is -0.121. The van der Waals surface area contributed by atoms with Gasteiger partial charge in [0, 0.05) is 6.54 Å². The summed E-state index contributed by atoms with van der Waals surface area (Å²) in [5.41, 5.74) is 3.65. The van der Waals surface area contributed by atoms with Gasteiger partial charge in [0.2, 0.25) is 15.9 Å². The van der Waals surface area contributed by atoms with Crippen molar-refractivity contribution < 1.29 is 17.9 Å². The molecule has 2 aromatic carbocycles. The maximum absolute atomic E-state index is 12.7. The summed E-state index contributed by atoms with van der Waals surface area (Å²) in [5, 5.41) is 2.85. The second kappa shape index (κ2) is 9.78. The molecular weight excluding hydrogens is 388 g/mol. The number of carbonyl (C=O) groups excluding carboxylic acids is 1. The molecule has 29 heavy (non-hydrogen) atoms. The SMILES string of the molecule is COc1ccc(C)cc1N([C@H](C)C(=O)NCCCc1ccc(C)cc1)S(C)(=O)=O. The molecule has 2 aromatic rings. The van der Waals surface area contributed by atoms with E-state index in [1.54, 1.807) is 19.1 Å². The first-order chi connectivity index (χ1) is 13.6. The average molecular weight is 419 g/mol. The van der Waals surface area contributed by atoms with E-state index < -0.39 is 16.1 Å². The van der Waals surface area contributed by atoms with E-state index in [2.05, 4.69) is 29.6 Å². The third-order valence-corrected chi connectivity index (χ3v) is 5.95. The Bertz CT molecular complexity index is 940. The first-order valence-electron chi connectivity index (χ1n) is 9.60. The van der Waals surface area contributed by atoms with Crippen LogP contribution in [0.5, 0.6) is 5.75 Å². The molecule has 0 saturated heterocycles. The van der Waals surface area contributed by atoms with Crippen molar-refractivity contribution >= 4 is 21.6 Å². The van der Waals surface area contributed by atoms with Gasteiger partial charge < -0.3 is 10.1 Å². The number of rotatable bonds is 9. The Kier molecular flexibility index (Phi) is 7.67. The Morgan fingerprint density at radius 3 is 2.31 bits per heavy atom. The van der Waals surface area contributed by atoms with E-state index in [4.69, 9.17) is 4.74 Å². The summed E-state index contributed by atoms with van der Waals surface area (Å²) in [7, 11) is -2.22. The molecule has 7 heteroatoms. The number of methoxy groups -OCH3 is 1. The van der Waals surface area contributed by atoms with E-state index >= 15 is 0 Å². The molecule has 0 unspecified atom stereocenters. The van der Waals surface area contributed by atoms with Crippen LogP contribution in [-0.2, 0) is 21.2 Å². The monoisotopic (exact) mass is 418 g/mol. The second-order valence-electron chi connectivity index (χ2n) is 7.29. The number of ether oxygens (including phenoxy) is 1. The fourth-order valence-corrected chi connectivity index (χ4v) is 4.33. The van der Waals surface area contributed by atoms with Gasteiger partial charge in [0.25, 0.3) is 0 Å². The summed E-state index contributed by atoms with van der Waals surface area (Å²) in [6, 6.07) is 12.6. The molecule has 1 amide bonds. The Morgan fingerprint density at radius 2 is 1.72 bits per heavy atom. The fraction of sp³-hybridized carbons (Fsp3) is 0.409. The summed E-state index contributed by atoms with van der Waals surface area (Å²) in [6.07, 6.45) is 2.71. The van der Waals surface area contributed by atoms with Crippen LogP contribution in [-0.4, -0.2) is 40.3 Å². The van der Waals surface area contributed by atoms with Crippen molar-refractivity contribution in [2.45, 2.75) is 39.7 Å². The van der Waals surface area contributed by atoms with Crippen molar-refractivity contribution in [1.29, 1.82) is 0 Å². The van der Waals surface area contributed by atoms with Crippen molar-refractivity contribution in [3.8, 4) is 5.75 Å². The smallest absolute Gasteiger partial charge is 0.243 e. The predicted octanol–water partition coefficient (Wildman–Crippen LogP) is 3.22. The molecule has 0 aromatic heterocycles. The summed E-state index contributed by atoms with van der Waals surface area (Å²) >= 11 is 0. The van der Waals surface area contributed by atoms with Gasteiger partial charge in [-0.2, -0.15) is 0 Å². The predicted molar refractivity (Wildman–Crippen MR) is 117 cm³/mol. The molecule has 0 aliphatic heterocycles. The molecule has 0 bridgehead atoms. The summed E-state index contributed by atoms with van der Waals surface area (Å²) < 4.78 is 31.4. The summed E-state index contributed by atoms with van der Waals surface area (Å²) in [4.78, 5) is 12.7. The van der Waals surface area contributed by atoms with Crippen LogP contribution in [0.25, 0.3) is 0 Å². The Hall–Kier alpha value is -2.54. The highest BCUT2D eigenvalue weighted by Crippen LogP contribution is 2.32. The number of carbonyl (C=O) groups is 1. The van der Waals surface area contributed by atoms with Crippen molar-refractivity contribution in [3.63, 3.8) is 0 Å². The van der Waals surface area contributed by atoms with Crippen LogP contribution in [0.3, 0.4) is 0 Å². The molecule has 0 saturated carbocycles. The molecule has 2 rings (SSSR count). The van der Waals surface area contributed by atoms with Gasteiger partial charge in [-0.25, -0.2) is 8.42 Å². The highest BCUT2D eigenvalue weighted by molar-refractivity contribution is 7.92. The molecule has 1 atom stereocenters. The van der Waals surface area contributed by atoms with Crippen molar-refractivity contribution in [1.82, 2.24) is 5.32 Å². The number of hydrogen-bond donors (Lipinski definition) is 1. The van der Waals surface area contributed by atoms with E-state index in [0.717, 1.165) is 29.0 Å². The van der Waals surface area contributed by atoms with E-state index in [1.807, 2.05) is 19.9 Å². The third kappa shape index (κ3) is 6.22. The van der Waals surface area contributed by atoms with Crippen LogP contribution in [0.1, 0.15) is 30.0 Å². The first kappa shape index (κ1) is 22.7. The zero-order chi connectivity index (χ0) is 21.6. The van der Waals surface area contributed by atoms with Crippen LogP contribution in [0.15, 0.2) is 42.5 Å². The molecule has 0 aliphatic rings. The Balaban J connectivity index is 2.07. The van der Waals surface area contributed by atoms with Gasteiger partial charge in [0.15, 0.2) is 0 Å². The van der Waals surface area contributed by atoms with Gasteiger partial charge in [-0.15, -0.1) is 0 Å². The van der Waals surface area contributed by atoms with Crippen LogP contribution >= 0.6 is 0 Å². The molecule has 0 aliphatic carbocycles. The maximum Gasteiger partial charge on any atom is 0.243 e. The number of anilines is 1. The zero-order valence-corrected chi connectivity index (χ0v) is 18.5. The Labute approximate surface area is 173 Å². The quantitative estimate of drug-likeness (QED) is 0.635. The topological polar surface area (TPSA) is 75.7 Å². The van der Waals surface area contributed by atoms with Gasteiger partial charge >= 0.3 is 0 Å². The van der Waals surface area contributed by atoms with Crippen LogP contribution in [0.4, 0.5) is 5.69 Å². The number of amides is 1. The number of nitrogens with zero attached hydrogens (tertiary/aromatic N) is 1. The molecule has 0 radical (unpaired) electrons. The lowest BCUT2D eigenvalue weighted by atomic mass is 10.1. The minimum Gasteiger partial charge on any atom is -0.495 e. The Morgan fingerprint density at radius 1 is 1.10 bits per heavy atom. The van der Waals surface area contributed by atoms with E-state index in [9.17, 15) is 13.2 Å². The van der Waals surface area contributed by atoms with E-state index in [0.29, 0.717) is 18.0 Å². The van der Waals surface area contributed by atoms with E-state index in [-0.39, 0.29) is 5.91 Å². The van der Waals surface area contributed by atoms with Gasteiger partial charge in [-0.05, 0) is 56.9 Å². The first-order valence-corrected chi connectivity index (χ1v) is 11.5. The lowest BCUT2D eigenvalue weighted by Crippen LogP contribution is -2.48. The highest BCUT2D eigenvalue weighted by atomic mass is 32.2. The van der Waals surface area contributed by atoms with Gasteiger partial charge in [0.1, 0.15) is 11.8 Å². The number of sulfonamides is 1. The zero-order valence-electron chi connectivity index (χ0n) is 17.7. The molecule has 158 valence electrons. The van der Waals surface area contributed by atoms with Crippen molar-refractivity contribution in [2.24, 2.45) is 0 Å². The lowest BCUT2D eigenvalue weighted by Gasteiger charge is -2.29. The molecule has 0 heterocycles. The molecule has 0 fully saturated rings. The van der Waals surface area contributed by atoms with Crippen LogP contribution < -0.4 is 14.4 Å². The third-order valence-electron chi connectivity index (χ3n) is 4.72. The minimum absolute atomic E-state index is 0.345. The van der Waals surface area contributed by atoms with Crippen LogP contribution in [0, 0.1) is 13.8 Å². The molecule has 1 N–H and O–H groups in total. The molecular formula is C22H30N2O4S. The number of hydrogen-bond acceptors (Lipinski definition) is 4. The number of aryl methyl sites for hydroxylation is 3. The van der Waals surface area contributed by atoms with Gasteiger partial charge in [-0.1, -0.05) is 35.9 Å². The van der Waals surface area contributed by atoms with Crippen LogP contribution in [0.2, 0.25) is 0 Å². The highest BCUT2D eigenvalue weighted by Gasteiger charge is 2.31. The summed E-state index contributed by atoms with van der Waals surface area (Å²) in [6.45, 7) is 5.96. The van der Waals surface area contributed by atoms with Crippen molar-refractivity contribution in [2.75, 3.05) is 24.2 Å². The fourth-order valence-electron chi connectivity index (χ4n) is 3.16. The number of benzene rings is 2. The summed E-state index contributed by atoms with van der Waals surface area (Å²) in [5.74, 6) is 0.0583. The standard InChI is InChI=1S/C22H30N2O4S/c1-16-8-11-19(12-9-16)7-6-14-23-22(25)18(3)24(29(5,26)27)20-15-17(2)10-13-21(20)28-4/h8-13,15,18H,6-7,14H2,1-5H3,(H,23,25)/t18-/m1/s1. The normalized spacial score (nSPS) is 12.3. The minimum atomic E-state index is -3.70. The largest absolute Gasteiger partial charge is 0.495 e. The second-order valence-corrected chi connectivity index (χ2v) is 9.15. The van der Waals surface area contributed by atoms with Crippen molar-refractivity contribution in [3.05, 3.63) is 59.2 Å².